The van der Waals surface area contributed by atoms with E-state index in [2.05, 4.69) is 5.32 Å². The standard InChI is InChI=1S/C24H19F5N2O4S/c1-23(2)13-31(36(33,34)16-9-6-14(25)7-10-16)19-12-15(8-11-20(19)35-23)30-22(32)21-17(24(27,28)29)4-3-5-18(21)26/h3-12H,13H2,1-2H3,(H,30,32). The zero-order valence-corrected chi connectivity index (χ0v) is 19.7. The summed E-state index contributed by atoms with van der Waals surface area (Å²) in [6.07, 6.45) is -4.98. The second-order valence-corrected chi connectivity index (χ2v) is 10.5. The molecule has 0 aliphatic carbocycles. The molecule has 0 fully saturated rings. The maximum Gasteiger partial charge on any atom is 0.417 e. The highest BCUT2D eigenvalue weighted by Crippen LogP contribution is 2.42. The average molecular weight is 526 g/mol. The summed E-state index contributed by atoms with van der Waals surface area (Å²) in [5.74, 6) is -3.25. The maximum absolute atomic E-state index is 14.2. The summed E-state index contributed by atoms with van der Waals surface area (Å²) in [5, 5.41) is 2.20. The summed E-state index contributed by atoms with van der Waals surface area (Å²) in [6.45, 7) is 3.13. The number of halogens is 5. The number of hydrogen-bond acceptors (Lipinski definition) is 4. The number of nitrogens with one attached hydrogen (secondary N) is 1. The number of anilines is 2. The molecular weight excluding hydrogens is 507 g/mol. The van der Waals surface area contributed by atoms with E-state index in [9.17, 15) is 35.2 Å². The second-order valence-electron chi connectivity index (χ2n) is 8.62. The molecule has 3 aromatic rings. The van der Waals surface area contributed by atoms with Crippen molar-refractivity contribution in [2.45, 2.75) is 30.5 Å². The minimum atomic E-state index is -4.98. The van der Waals surface area contributed by atoms with Crippen molar-refractivity contribution >= 4 is 27.3 Å². The Balaban J connectivity index is 1.75. The first kappa shape index (κ1) is 25.4. The molecule has 4 rings (SSSR count). The predicted molar refractivity (Wildman–Crippen MR) is 121 cm³/mol. The van der Waals surface area contributed by atoms with Gasteiger partial charge in [0.15, 0.2) is 0 Å². The number of fused-ring (bicyclic) bond motifs is 1. The summed E-state index contributed by atoms with van der Waals surface area (Å²) in [5.41, 5.74) is -3.74. The highest BCUT2D eigenvalue weighted by molar-refractivity contribution is 7.92. The van der Waals surface area contributed by atoms with E-state index in [0.717, 1.165) is 40.7 Å². The smallest absolute Gasteiger partial charge is 0.417 e. The van der Waals surface area contributed by atoms with E-state index >= 15 is 0 Å². The molecular formula is C24H19F5N2O4S. The van der Waals surface area contributed by atoms with Gasteiger partial charge in [-0.3, -0.25) is 9.10 Å². The van der Waals surface area contributed by atoms with Crippen LogP contribution in [0.1, 0.15) is 29.8 Å². The zero-order chi connectivity index (χ0) is 26.5. The lowest BCUT2D eigenvalue weighted by atomic mass is 10.0. The van der Waals surface area contributed by atoms with E-state index in [-0.39, 0.29) is 28.6 Å². The summed E-state index contributed by atoms with van der Waals surface area (Å²) < 4.78 is 101. The monoisotopic (exact) mass is 526 g/mol. The quantitative estimate of drug-likeness (QED) is 0.449. The molecule has 0 saturated heterocycles. The Morgan fingerprint density at radius 1 is 1.03 bits per heavy atom. The van der Waals surface area contributed by atoms with Gasteiger partial charge in [0.2, 0.25) is 0 Å². The van der Waals surface area contributed by atoms with E-state index < -0.39 is 50.5 Å². The van der Waals surface area contributed by atoms with Crippen LogP contribution in [-0.2, 0) is 16.2 Å². The van der Waals surface area contributed by atoms with Crippen LogP contribution in [0.5, 0.6) is 5.75 Å². The Kier molecular flexibility index (Phi) is 6.19. The number of hydrogen-bond donors (Lipinski definition) is 1. The van der Waals surface area contributed by atoms with E-state index in [1.54, 1.807) is 13.8 Å². The Hall–Kier alpha value is -3.67. The van der Waals surface area contributed by atoms with E-state index in [1.807, 2.05) is 0 Å². The third kappa shape index (κ3) is 4.85. The van der Waals surface area contributed by atoms with Crippen LogP contribution in [0.15, 0.2) is 65.6 Å². The molecule has 0 aromatic heterocycles. The predicted octanol–water partition coefficient (Wildman–Crippen LogP) is 5.60. The van der Waals surface area contributed by atoms with Crippen LogP contribution in [-0.4, -0.2) is 26.5 Å². The van der Waals surface area contributed by atoms with Crippen LogP contribution in [0.4, 0.5) is 33.3 Å². The number of carbonyl (C=O) groups excluding carboxylic acids is 1. The first-order valence-corrected chi connectivity index (χ1v) is 11.9. The molecule has 0 saturated carbocycles. The van der Waals surface area contributed by atoms with Crippen LogP contribution in [0, 0.1) is 11.6 Å². The highest BCUT2D eigenvalue weighted by atomic mass is 32.2. The zero-order valence-electron chi connectivity index (χ0n) is 18.9. The summed E-state index contributed by atoms with van der Waals surface area (Å²) in [6, 6.07) is 10.1. The Bertz CT molecular complexity index is 1440. The number of alkyl halides is 3. The fourth-order valence-corrected chi connectivity index (χ4v) is 5.39. The number of rotatable bonds is 4. The van der Waals surface area contributed by atoms with Gasteiger partial charge in [0, 0.05) is 5.69 Å². The van der Waals surface area contributed by atoms with Crippen molar-refractivity contribution < 1.29 is 39.9 Å². The molecule has 1 N–H and O–H groups in total. The van der Waals surface area contributed by atoms with Crippen molar-refractivity contribution in [3.8, 4) is 5.75 Å². The number of ether oxygens (including phenoxy) is 1. The van der Waals surface area contributed by atoms with Gasteiger partial charge in [0.05, 0.1) is 28.3 Å². The Morgan fingerprint density at radius 3 is 2.33 bits per heavy atom. The van der Waals surface area contributed by atoms with E-state index in [1.165, 1.54) is 18.2 Å². The Labute approximate surface area is 203 Å². The normalized spacial score (nSPS) is 15.1. The van der Waals surface area contributed by atoms with Crippen molar-refractivity contribution in [2.75, 3.05) is 16.2 Å². The van der Waals surface area contributed by atoms with Crippen molar-refractivity contribution in [3.63, 3.8) is 0 Å². The summed E-state index contributed by atoms with van der Waals surface area (Å²) in [4.78, 5) is 12.5. The fraction of sp³-hybridized carbons (Fsp3) is 0.208. The first-order chi connectivity index (χ1) is 16.7. The third-order valence-electron chi connectivity index (χ3n) is 5.34. The van der Waals surface area contributed by atoms with Gasteiger partial charge >= 0.3 is 6.18 Å². The number of sulfonamides is 1. The molecule has 0 atom stereocenters. The van der Waals surface area contributed by atoms with Crippen molar-refractivity contribution in [3.05, 3.63) is 83.4 Å². The largest absolute Gasteiger partial charge is 0.484 e. The lowest BCUT2D eigenvalue weighted by molar-refractivity contribution is -0.138. The molecule has 0 bridgehead atoms. The second kappa shape index (κ2) is 8.77. The number of carbonyl (C=O) groups is 1. The topological polar surface area (TPSA) is 75.7 Å². The van der Waals surface area contributed by atoms with Gasteiger partial charge in [-0.25, -0.2) is 17.2 Å². The molecule has 1 aliphatic rings. The summed E-state index contributed by atoms with van der Waals surface area (Å²) in [7, 11) is -4.23. The van der Waals surface area contributed by atoms with Crippen LogP contribution in [0.3, 0.4) is 0 Å². The van der Waals surface area contributed by atoms with E-state index in [0.29, 0.717) is 6.07 Å². The molecule has 0 unspecified atom stereocenters. The SMILES string of the molecule is CC1(C)CN(S(=O)(=O)c2ccc(F)cc2)c2cc(NC(=O)c3c(F)cccc3C(F)(F)F)ccc2O1. The number of nitrogens with zero attached hydrogens (tertiary/aromatic N) is 1. The molecule has 6 nitrogen and oxygen atoms in total. The molecule has 1 heterocycles. The molecule has 190 valence electrons. The number of benzene rings is 3. The van der Waals surface area contributed by atoms with Crippen LogP contribution in [0.2, 0.25) is 0 Å². The van der Waals surface area contributed by atoms with Gasteiger partial charge in [-0.2, -0.15) is 13.2 Å². The Morgan fingerprint density at radius 2 is 1.69 bits per heavy atom. The van der Waals surface area contributed by atoms with Gasteiger partial charge < -0.3 is 10.1 Å². The van der Waals surface area contributed by atoms with Gasteiger partial charge in [-0.05, 0) is 68.4 Å². The van der Waals surface area contributed by atoms with Gasteiger partial charge in [-0.15, -0.1) is 0 Å². The first-order valence-electron chi connectivity index (χ1n) is 10.5. The molecule has 12 heteroatoms. The van der Waals surface area contributed by atoms with Crippen molar-refractivity contribution in [1.82, 2.24) is 0 Å². The lowest BCUT2D eigenvalue weighted by Crippen LogP contribution is -2.49. The van der Waals surface area contributed by atoms with E-state index in [4.69, 9.17) is 4.74 Å². The minimum absolute atomic E-state index is 0.0129. The van der Waals surface area contributed by atoms with Gasteiger partial charge in [0.1, 0.15) is 23.0 Å². The molecule has 0 spiro atoms. The fourth-order valence-electron chi connectivity index (χ4n) is 3.77. The molecule has 36 heavy (non-hydrogen) atoms. The maximum atomic E-state index is 14.2. The van der Waals surface area contributed by atoms with Crippen LogP contribution in [0.25, 0.3) is 0 Å². The molecule has 3 aromatic carbocycles. The molecule has 1 aliphatic heterocycles. The van der Waals surface area contributed by atoms with Gasteiger partial charge in [-0.1, -0.05) is 6.07 Å². The molecule has 1 amide bonds. The highest BCUT2D eigenvalue weighted by Gasteiger charge is 2.39. The average Bonchev–Trinajstić information content (AvgIpc) is 2.77. The van der Waals surface area contributed by atoms with Crippen LogP contribution < -0.4 is 14.4 Å². The van der Waals surface area contributed by atoms with Crippen LogP contribution >= 0.6 is 0 Å². The minimum Gasteiger partial charge on any atom is -0.484 e. The third-order valence-corrected chi connectivity index (χ3v) is 7.12. The lowest BCUT2D eigenvalue weighted by Gasteiger charge is -2.40. The summed E-state index contributed by atoms with van der Waals surface area (Å²) >= 11 is 0. The molecule has 0 radical (unpaired) electrons. The van der Waals surface area contributed by atoms with Gasteiger partial charge in [0.25, 0.3) is 15.9 Å². The van der Waals surface area contributed by atoms with Crippen molar-refractivity contribution in [2.24, 2.45) is 0 Å². The van der Waals surface area contributed by atoms with Crippen molar-refractivity contribution in [1.29, 1.82) is 0 Å². The number of amides is 1.